The number of phenolic OH excluding ortho intramolecular Hbond substituents is 1. The molecule has 0 fully saturated rings. The van der Waals surface area contributed by atoms with Crippen molar-refractivity contribution >= 4 is 23.7 Å². The van der Waals surface area contributed by atoms with E-state index in [-0.39, 0.29) is 36.1 Å². The number of benzene rings is 3. The smallest absolute Gasteiger partial charge is 0.407 e. The molecule has 4 rings (SSSR count). The van der Waals surface area contributed by atoms with E-state index in [1.165, 1.54) is 13.2 Å². The van der Waals surface area contributed by atoms with E-state index < -0.39 is 24.1 Å². The third-order valence-corrected chi connectivity index (χ3v) is 5.85. The number of aromatic hydroxyl groups is 1. The largest absolute Gasteiger partial charge is 0.506 e. The van der Waals surface area contributed by atoms with Gasteiger partial charge in [0, 0.05) is 13.0 Å². The normalized spacial score (nSPS) is 12.8. The topological polar surface area (TPSA) is 134 Å². The lowest BCUT2D eigenvalue weighted by Crippen LogP contribution is -2.41. The van der Waals surface area contributed by atoms with E-state index in [9.17, 15) is 19.5 Å². The Kier molecular flexibility index (Phi) is 6.98. The Labute approximate surface area is 201 Å². The average Bonchev–Trinajstić information content (AvgIpc) is 3.18. The minimum atomic E-state index is -1.21. The zero-order chi connectivity index (χ0) is 24.9. The molecule has 0 aromatic heterocycles. The van der Waals surface area contributed by atoms with Crippen LogP contribution in [-0.4, -0.2) is 54.5 Å². The molecule has 2 amide bonds. The highest BCUT2D eigenvalue weighted by Gasteiger charge is 2.29. The van der Waals surface area contributed by atoms with Crippen molar-refractivity contribution in [1.29, 1.82) is 0 Å². The summed E-state index contributed by atoms with van der Waals surface area (Å²) >= 11 is 0. The van der Waals surface area contributed by atoms with E-state index in [1.54, 1.807) is 0 Å². The molecule has 1 atom stereocenters. The molecule has 0 aliphatic heterocycles. The predicted octanol–water partition coefficient (Wildman–Crippen LogP) is 3.58. The zero-order valence-corrected chi connectivity index (χ0v) is 18.9. The zero-order valence-electron chi connectivity index (χ0n) is 18.9. The number of carboxylic acids is 1. The first-order valence-electron chi connectivity index (χ1n) is 10.9. The van der Waals surface area contributed by atoms with Gasteiger partial charge in [0.1, 0.15) is 12.4 Å². The second kappa shape index (κ2) is 10.3. The minimum Gasteiger partial charge on any atom is -0.506 e. The van der Waals surface area contributed by atoms with Crippen LogP contribution < -0.4 is 10.6 Å². The molecule has 0 heterocycles. The molecule has 9 heteroatoms. The standard InChI is InChI=1S/C26H24N2O7/c1-34-23(24(30)28-21-12-15(25(31)32)10-11-22(21)29)13-27-26(33)35-14-20-18-8-4-2-6-16(18)17-7-3-5-9-19(17)20/h2-12,20,23,29H,13-14H2,1H3,(H,27,33)(H,28,30)(H,31,32). The van der Waals surface area contributed by atoms with Crippen LogP contribution >= 0.6 is 0 Å². The summed E-state index contributed by atoms with van der Waals surface area (Å²) in [6.45, 7) is -0.0715. The Morgan fingerprint density at radius 3 is 2.20 bits per heavy atom. The SMILES string of the molecule is COC(CNC(=O)OCC1c2ccccc2-c2ccccc21)C(=O)Nc1cc(C(=O)O)ccc1O. The highest BCUT2D eigenvalue weighted by atomic mass is 16.5. The molecule has 0 spiro atoms. The van der Waals surface area contributed by atoms with Crippen molar-refractivity contribution in [3.05, 3.63) is 83.4 Å². The van der Waals surface area contributed by atoms with E-state index in [2.05, 4.69) is 10.6 Å². The van der Waals surface area contributed by atoms with Gasteiger partial charge in [0.15, 0.2) is 6.10 Å². The number of aromatic carboxylic acids is 1. The Morgan fingerprint density at radius 1 is 0.971 bits per heavy atom. The summed E-state index contributed by atoms with van der Waals surface area (Å²) in [4.78, 5) is 36.0. The Bertz CT molecular complexity index is 1230. The fourth-order valence-electron chi connectivity index (χ4n) is 4.09. The van der Waals surface area contributed by atoms with Crippen LogP contribution in [0.25, 0.3) is 11.1 Å². The fraction of sp³-hybridized carbons (Fsp3) is 0.192. The van der Waals surface area contributed by atoms with E-state index in [0.717, 1.165) is 34.4 Å². The van der Waals surface area contributed by atoms with E-state index in [1.807, 2.05) is 48.5 Å². The van der Waals surface area contributed by atoms with Crippen LogP contribution in [0.15, 0.2) is 66.7 Å². The summed E-state index contributed by atoms with van der Waals surface area (Å²) in [7, 11) is 1.29. The van der Waals surface area contributed by atoms with Crippen molar-refractivity contribution in [2.75, 3.05) is 25.6 Å². The number of rotatable bonds is 8. The molecule has 9 nitrogen and oxygen atoms in total. The number of phenols is 1. The maximum absolute atomic E-state index is 12.5. The summed E-state index contributed by atoms with van der Waals surface area (Å²) in [6.07, 6.45) is -1.82. The third kappa shape index (κ3) is 5.10. The lowest BCUT2D eigenvalue weighted by molar-refractivity contribution is -0.125. The van der Waals surface area contributed by atoms with Crippen LogP contribution in [0.3, 0.4) is 0 Å². The number of nitrogens with one attached hydrogen (secondary N) is 2. The number of hydrogen-bond donors (Lipinski definition) is 4. The van der Waals surface area contributed by atoms with Crippen LogP contribution in [0.1, 0.15) is 27.4 Å². The van der Waals surface area contributed by atoms with Crippen molar-refractivity contribution in [1.82, 2.24) is 5.32 Å². The molecule has 0 radical (unpaired) electrons. The van der Waals surface area contributed by atoms with Crippen molar-refractivity contribution in [3.8, 4) is 16.9 Å². The molecule has 35 heavy (non-hydrogen) atoms. The summed E-state index contributed by atoms with van der Waals surface area (Å²) in [5.74, 6) is -2.29. The van der Waals surface area contributed by atoms with Crippen LogP contribution in [0.4, 0.5) is 10.5 Å². The number of hydrogen-bond acceptors (Lipinski definition) is 6. The van der Waals surface area contributed by atoms with Crippen molar-refractivity contribution in [2.24, 2.45) is 0 Å². The molecule has 4 N–H and O–H groups in total. The fourth-order valence-corrected chi connectivity index (χ4v) is 4.09. The summed E-state index contributed by atoms with van der Waals surface area (Å²) in [6, 6.07) is 19.4. The number of carbonyl (C=O) groups excluding carboxylic acids is 2. The number of ether oxygens (including phenoxy) is 2. The van der Waals surface area contributed by atoms with Gasteiger partial charge in [-0.1, -0.05) is 48.5 Å². The molecule has 3 aromatic carbocycles. The second-order valence-electron chi connectivity index (χ2n) is 7.96. The number of fused-ring (bicyclic) bond motifs is 3. The van der Waals surface area contributed by atoms with Crippen molar-refractivity contribution in [2.45, 2.75) is 12.0 Å². The Hall–Kier alpha value is -4.37. The van der Waals surface area contributed by atoms with Gasteiger partial charge in [0.2, 0.25) is 0 Å². The lowest BCUT2D eigenvalue weighted by atomic mass is 9.98. The maximum atomic E-state index is 12.5. The molecule has 1 aliphatic carbocycles. The molecule has 1 unspecified atom stereocenters. The monoisotopic (exact) mass is 476 g/mol. The molecule has 0 saturated carbocycles. The van der Waals surface area contributed by atoms with Crippen molar-refractivity contribution in [3.63, 3.8) is 0 Å². The quantitative estimate of drug-likeness (QED) is 0.365. The van der Waals surface area contributed by atoms with Crippen LogP contribution in [0, 0.1) is 0 Å². The first-order chi connectivity index (χ1) is 16.9. The first kappa shape index (κ1) is 23.8. The van der Waals surface area contributed by atoms with E-state index in [4.69, 9.17) is 14.6 Å². The van der Waals surface area contributed by atoms with E-state index in [0.29, 0.717) is 0 Å². The second-order valence-corrected chi connectivity index (χ2v) is 7.96. The number of alkyl carbamates (subject to hydrolysis) is 1. The van der Waals surface area contributed by atoms with Crippen LogP contribution in [0.2, 0.25) is 0 Å². The number of methoxy groups -OCH3 is 1. The Balaban J connectivity index is 1.34. The molecular formula is C26H24N2O7. The number of carbonyl (C=O) groups is 3. The lowest BCUT2D eigenvalue weighted by Gasteiger charge is -2.18. The van der Waals surface area contributed by atoms with Crippen LogP contribution in [0.5, 0.6) is 5.75 Å². The summed E-state index contributed by atoms with van der Waals surface area (Å²) in [5.41, 5.74) is 4.20. The summed E-state index contributed by atoms with van der Waals surface area (Å²) < 4.78 is 10.6. The molecule has 180 valence electrons. The van der Waals surface area contributed by atoms with Gasteiger partial charge < -0.3 is 30.3 Å². The van der Waals surface area contributed by atoms with Gasteiger partial charge in [0.05, 0.1) is 17.8 Å². The Morgan fingerprint density at radius 2 is 1.60 bits per heavy atom. The van der Waals surface area contributed by atoms with Gasteiger partial charge >= 0.3 is 12.1 Å². The predicted molar refractivity (Wildman–Crippen MR) is 128 cm³/mol. The van der Waals surface area contributed by atoms with Gasteiger partial charge in [-0.2, -0.15) is 0 Å². The minimum absolute atomic E-state index is 0.0851. The first-order valence-corrected chi connectivity index (χ1v) is 10.9. The van der Waals surface area contributed by atoms with Gasteiger partial charge in [-0.15, -0.1) is 0 Å². The molecule has 0 saturated heterocycles. The highest BCUT2D eigenvalue weighted by Crippen LogP contribution is 2.44. The summed E-state index contributed by atoms with van der Waals surface area (Å²) in [5, 5.41) is 23.9. The molecule has 0 bridgehead atoms. The van der Waals surface area contributed by atoms with Gasteiger partial charge in [-0.25, -0.2) is 9.59 Å². The number of carboxylic acid groups (broad SMARTS) is 1. The average molecular weight is 476 g/mol. The van der Waals surface area contributed by atoms with E-state index >= 15 is 0 Å². The van der Waals surface area contributed by atoms with Gasteiger partial charge in [0.25, 0.3) is 5.91 Å². The third-order valence-electron chi connectivity index (χ3n) is 5.85. The number of amides is 2. The maximum Gasteiger partial charge on any atom is 0.407 e. The highest BCUT2D eigenvalue weighted by molar-refractivity contribution is 5.97. The van der Waals surface area contributed by atoms with Crippen molar-refractivity contribution < 1.29 is 34.1 Å². The van der Waals surface area contributed by atoms with Gasteiger partial charge in [-0.05, 0) is 40.5 Å². The van der Waals surface area contributed by atoms with Crippen LogP contribution in [-0.2, 0) is 14.3 Å². The number of anilines is 1. The molecule has 3 aromatic rings. The van der Waals surface area contributed by atoms with Gasteiger partial charge in [-0.3, -0.25) is 4.79 Å². The molecular weight excluding hydrogens is 452 g/mol. The molecule has 1 aliphatic rings.